The highest BCUT2D eigenvalue weighted by Gasteiger charge is 2.23. The van der Waals surface area contributed by atoms with Crippen molar-refractivity contribution in [3.63, 3.8) is 0 Å². The maximum Gasteiger partial charge on any atom is 0.326 e. The van der Waals surface area contributed by atoms with Crippen molar-refractivity contribution in [3.05, 3.63) is 59.2 Å². The van der Waals surface area contributed by atoms with Crippen molar-refractivity contribution in [2.75, 3.05) is 38.8 Å². The van der Waals surface area contributed by atoms with Crippen molar-refractivity contribution >= 4 is 23.6 Å². The average Bonchev–Trinajstić information content (AvgIpc) is 3.02. The third-order valence-corrected chi connectivity index (χ3v) is 8.60. The van der Waals surface area contributed by atoms with Crippen LogP contribution in [0.4, 0.5) is 0 Å². The van der Waals surface area contributed by atoms with Gasteiger partial charge in [-0.25, -0.2) is 4.79 Å². The molecular weight excluding hydrogens is 544 g/mol. The first-order valence-corrected chi connectivity index (χ1v) is 17.2. The molecule has 1 aliphatic carbocycles. The largest absolute Gasteiger partial charge is 0.480 e. The fourth-order valence-corrected chi connectivity index (χ4v) is 6.15. The van der Waals surface area contributed by atoms with Gasteiger partial charge in [0.25, 0.3) is 5.91 Å². The van der Waals surface area contributed by atoms with Gasteiger partial charge in [0.1, 0.15) is 6.04 Å². The summed E-state index contributed by atoms with van der Waals surface area (Å²) in [4.78, 5) is 27.2. The second-order valence-electron chi connectivity index (χ2n) is 11.1. The molecule has 1 heterocycles. The van der Waals surface area contributed by atoms with Gasteiger partial charge in [0.15, 0.2) is 0 Å². The number of nitrogens with zero attached hydrogens (tertiary/aromatic N) is 1. The number of carbonyl (C=O) groups excluding carboxylic acids is 1. The van der Waals surface area contributed by atoms with E-state index in [2.05, 4.69) is 16.3 Å². The van der Waals surface area contributed by atoms with Gasteiger partial charge in [-0.05, 0) is 104 Å². The molecule has 2 aliphatic rings. The topological polar surface area (TPSA) is 78.9 Å². The first-order chi connectivity index (χ1) is 20.4. The number of likely N-dealkylation sites (tertiary alicyclic amines) is 1. The summed E-state index contributed by atoms with van der Waals surface area (Å²) in [6.07, 6.45) is 13.2. The predicted octanol–water partition coefficient (Wildman–Crippen LogP) is 7.82. The van der Waals surface area contributed by atoms with Crippen LogP contribution in [0.5, 0.6) is 0 Å². The Morgan fingerprint density at radius 2 is 1.67 bits per heavy atom. The Kier molecular flexibility index (Phi) is 17.5. The zero-order valence-corrected chi connectivity index (χ0v) is 27.4. The molecule has 2 N–H and O–H groups in total. The summed E-state index contributed by atoms with van der Waals surface area (Å²) in [6, 6.07) is 13.1. The Morgan fingerprint density at radius 1 is 1.00 bits per heavy atom. The van der Waals surface area contributed by atoms with Crippen molar-refractivity contribution in [3.8, 4) is 11.1 Å². The van der Waals surface area contributed by atoms with E-state index in [1.54, 1.807) is 18.9 Å². The number of carboxylic acid groups (broad SMARTS) is 1. The second-order valence-corrected chi connectivity index (χ2v) is 12.1. The number of benzene rings is 2. The molecule has 6 nitrogen and oxygen atoms in total. The quantitative estimate of drug-likeness (QED) is 0.275. The van der Waals surface area contributed by atoms with Crippen LogP contribution in [0, 0.1) is 12.8 Å². The number of aryl methyl sites for hydroxylation is 1. The number of ether oxygens (including phenoxy) is 1. The number of methoxy groups -OCH3 is 1. The SMILES string of the molecule is CC.COCC1CCCCC1.CSCCC(NC(=O)c1ccc(CN2CCCCC2)cc1-c1ccccc1C)C(=O)O. The number of hydrogen-bond acceptors (Lipinski definition) is 5. The molecule has 7 heteroatoms. The molecule has 42 heavy (non-hydrogen) atoms. The highest BCUT2D eigenvalue weighted by Crippen LogP contribution is 2.29. The zero-order valence-electron chi connectivity index (χ0n) is 26.6. The lowest BCUT2D eigenvalue weighted by atomic mass is 9.90. The lowest BCUT2D eigenvalue weighted by molar-refractivity contribution is -0.139. The summed E-state index contributed by atoms with van der Waals surface area (Å²) in [5.74, 6) is 0.220. The number of thioether (sulfide) groups is 1. The maximum atomic E-state index is 13.1. The van der Waals surface area contributed by atoms with Crippen LogP contribution in [-0.4, -0.2) is 66.7 Å². The molecule has 4 rings (SSSR count). The van der Waals surface area contributed by atoms with Crippen LogP contribution in [0.3, 0.4) is 0 Å². The van der Waals surface area contributed by atoms with Crippen molar-refractivity contribution in [1.82, 2.24) is 10.2 Å². The predicted molar refractivity (Wildman–Crippen MR) is 177 cm³/mol. The number of piperidine rings is 1. The molecule has 1 unspecified atom stereocenters. The van der Waals surface area contributed by atoms with Crippen LogP contribution >= 0.6 is 11.8 Å². The lowest BCUT2D eigenvalue weighted by Crippen LogP contribution is -2.41. The normalized spacial score (nSPS) is 16.3. The minimum Gasteiger partial charge on any atom is -0.480 e. The number of carbonyl (C=O) groups is 2. The summed E-state index contributed by atoms with van der Waals surface area (Å²) in [5.41, 5.74) is 4.65. The van der Waals surface area contributed by atoms with E-state index < -0.39 is 12.0 Å². The Hall–Kier alpha value is -2.35. The number of rotatable bonds is 11. The minimum absolute atomic E-state index is 0.337. The molecule has 2 aromatic rings. The Bertz CT molecular complexity index is 1060. The second kappa shape index (κ2) is 20.5. The Labute approximate surface area is 259 Å². The molecular formula is C35H54N2O4S. The van der Waals surface area contributed by atoms with Gasteiger partial charge in [0.05, 0.1) is 0 Å². The molecule has 1 aliphatic heterocycles. The smallest absolute Gasteiger partial charge is 0.326 e. The maximum absolute atomic E-state index is 13.1. The van der Waals surface area contributed by atoms with E-state index in [0.29, 0.717) is 17.7 Å². The highest BCUT2D eigenvalue weighted by molar-refractivity contribution is 7.98. The average molecular weight is 599 g/mol. The first kappa shape index (κ1) is 35.8. The van der Waals surface area contributed by atoms with Gasteiger partial charge < -0.3 is 15.2 Å². The third kappa shape index (κ3) is 12.1. The van der Waals surface area contributed by atoms with E-state index in [1.165, 1.54) is 56.9 Å². The van der Waals surface area contributed by atoms with E-state index >= 15 is 0 Å². The molecule has 0 spiro atoms. The van der Waals surface area contributed by atoms with Crippen LogP contribution in [0.1, 0.15) is 93.1 Å². The summed E-state index contributed by atoms with van der Waals surface area (Å²) < 4.78 is 5.08. The lowest BCUT2D eigenvalue weighted by Gasteiger charge is -2.27. The summed E-state index contributed by atoms with van der Waals surface area (Å²) in [7, 11) is 1.80. The van der Waals surface area contributed by atoms with Crippen LogP contribution in [0.2, 0.25) is 0 Å². The Morgan fingerprint density at radius 3 is 2.29 bits per heavy atom. The standard InChI is InChI=1S/C25H32N2O3S.C8H16O.C2H6/c1-18-8-4-5-9-20(18)22-16-19(17-27-13-6-3-7-14-27)10-11-21(22)24(28)26-23(25(29)30)12-15-31-2;1-9-7-8-5-3-2-4-6-8;1-2/h4-5,8-11,16,23H,3,6-7,12-15,17H2,1-2H3,(H,26,28)(H,29,30);8H,2-7H2,1H3;1-2H3. The summed E-state index contributed by atoms with van der Waals surface area (Å²) in [6.45, 7) is 10.1. The van der Waals surface area contributed by atoms with Crippen LogP contribution in [-0.2, 0) is 16.1 Å². The van der Waals surface area contributed by atoms with Gasteiger partial charge in [-0.1, -0.05) is 69.9 Å². The van der Waals surface area contributed by atoms with Gasteiger partial charge in [0, 0.05) is 25.8 Å². The molecule has 0 radical (unpaired) electrons. The van der Waals surface area contributed by atoms with Gasteiger partial charge in [0.2, 0.25) is 0 Å². The number of hydrogen-bond donors (Lipinski definition) is 2. The van der Waals surface area contributed by atoms with Gasteiger partial charge in [-0.15, -0.1) is 0 Å². The first-order valence-electron chi connectivity index (χ1n) is 15.9. The third-order valence-electron chi connectivity index (χ3n) is 7.96. The number of carboxylic acids is 1. The van der Waals surface area contributed by atoms with E-state index in [4.69, 9.17) is 4.74 Å². The van der Waals surface area contributed by atoms with Gasteiger partial charge in [-0.2, -0.15) is 11.8 Å². The molecule has 1 saturated carbocycles. The fourth-order valence-electron chi connectivity index (χ4n) is 5.68. The fraction of sp³-hybridized carbons (Fsp3) is 0.600. The minimum atomic E-state index is -0.999. The van der Waals surface area contributed by atoms with Crippen molar-refractivity contribution in [2.45, 2.75) is 91.1 Å². The molecule has 1 atom stereocenters. The molecule has 1 saturated heterocycles. The van der Waals surface area contributed by atoms with E-state index in [0.717, 1.165) is 48.8 Å². The Balaban J connectivity index is 0.000000473. The zero-order chi connectivity index (χ0) is 30.7. The number of aliphatic carboxylic acids is 1. The number of nitrogens with one attached hydrogen (secondary N) is 1. The summed E-state index contributed by atoms with van der Waals surface area (Å²) >= 11 is 1.57. The molecule has 2 aromatic carbocycles. The van der Waals surface area contributed by atoms with Crippen molar-refractivity contribution in [1.29, 1.82) is 0 Å². The molecule has 1 amide bonds. The van der Waals surface area contributed by atoms with Gasteiger partial charge >= 0.3 is 5.97 Å². The molecule has 234 valence electrons. The van der Waals surface area contributed by atoms with Crippen molar-refractivity contribution < 1.29 is 19.4 Å². The van der Waals surface area contributed by atoms with E-state index in [9.17, 15) is 14.7 Å². The molecule has 0 aromatic heterocycles. The number of amides is 1. The van der Waals surface area contributed by atoms with E-state index in [-0.39, 0.29) is 5.91 Å². The highest BCUT2D eigenvalue weighted by atomic mass is 32.2. The molecule has 0 bridgehead atoms. The van der Waals surface area contributed by atoms with Gasteiger partial charge in [-0.3, -0.25) is 9.69 Å². The van der Waals surface area contributed by atoms with Crippen molar-refractivity contribution in [2.24, 2.45) is 5.92 Å². The van der Waals surface area contributed by atoms with E-state index in [1.807, 2.05) is 63.4 Å². The van der Waals surface area contributed by atoms with Crippen LogP contribution in [0.15, 0.2) is 42.5 Å². The molecule has 2 fully saturated rings. The summed E-state index contributed by atoms with van der Waals surface area (Å²) in [5, 5.41) is 12.3. The monoisotopic (exact) mass is 598 g/mol. The van der Waals surface area contributed by atoms with Crippen LogP contribution in [0.25, 0.3) is 11.1 Å². The van der Waals surface area contributed by atoms with Crippen LogP contribution < -0.4 is 5.32 Å².